The molecule has 0 bridgehead atoms. The van der Waals surface area contributed by atoms with E-state index in [4.69, 9.17) is 5.73 Å². The second-order valence-corrected chi connectivity index (χ2v) is 7.36. The summed E-state index contributed by atoms with van der Waals surface area (Å²) in [6, 6.07) is 6.55. The highest BCUT2D eigenvalue weighted by molar-refractivity contribution is 7.89. The Morgan fingerprint density at radius 2 is 2.00 bits per heavy atom. The maximum atomic E-state index is 12.4. The van der Waals surface area contributed by atoms with Crippen LogP contribution in [0.1, 0.15) is 24.2 Å². The summed E-state index contributed by atoms with van der Waals surface area (Å²) < 4.78 is 26.1. The SMILES string of the molecule is CC(N)c1ccc(S(=O)(=O)N(C)Cc2cscn2)cc1. The third-order valence-corrected chi connectivity index (χ3v) is 5.44. The van der Waals surface area contributed by atoms with Crippen molar-refractivity contribution in [3.8, 4) is 0 Å². The summed E-state index contributed by atoms with van der Waals surface area (Å²) >= 11 is 1.45. The highest BCUT2D eigenvalue weighted by Gasteiger charge is 2.21. The number of sulfonamides is 1. The molecular formula is C13H17N3O2S2. The van der Waals surface area contributed by atoms with Gasteiger partial charge in [-0.15, -0.1) is 11.3 Å². The standard InChI is InChI=1S/C13H17N3O2S2/c1-10(14)11-3-5-13(6-4-11)20(17,18)16(2)7-12-8-19-9-15-12/h3-6,8-10H,7,14H2,1-2H3. The van der Waals surface area contributed by atoms with E-state index in [2.05, 4.69) is 4.98 Å². The lowest BCUT2D eigenvalue weighted by Crippen LogP contribution is -2.26. The molecule has 2 rings (SSSR count). The van der Waals surface area contributed by atoms with Crippen LogP contribution in [0.15, 0.2) is 40.1 Å². The second kappa shape index (κ2) is 6.01. The molecule has 1 heterocycles. The Morgan fingerprint density at radius 3 is 2.50 bits per heavy atom. The zero-order valence-corrected chi connectivity index (χ0v) is 13.0. The molecule has 20 heavy (non-hydrogen) atoms. The minimum absolute atomic E-state index is 0.112. The molecule has 1 aromatic carbocycles. The number of hydrogen-bond acceptors (Lipinski definition) is 5. The van der Waals surface area contributed by atoms with E-state index in [9.17, 15) is 8.42 Å². The molecule has 0 radical (unpaired) electrons. The van der Waals surface area contributed by atoms with Gasteiger partial charge in [0, 0.05) is 18.5 Å². The van der Waals surface area contributed by atoms with Crippen molar-refractivity contribution in [3.63, 3.8) is 0 Å². The lowest BCUT2D eigenvalue weighted by molar-refractivity contribution is 0.463. The van der Waals surface area contributed by atoms with Gasteiger partial charge in [-0.1, -0.05) is 12.1 Å². The number of rotatable bonds is 5. The van der Waals surface area contributed by atoms with Gasteiger partial charge in [-0.05, 0) is 24.6 Å². The number of aromatic nitrogens is 1. The van der Waals surface area contributed by atoms with Crippen molar-refractivity contribution in [2.75, 3.05) is 7.05 Å². The Kier molecular flexibility index (Phi) is 4.54. The molecular weight excluding hydrogens is 294 g/mol. The van der Waals surface area contributed by atoms with Crippen molar-refractivity contribution in [1.29, 1.82) is 0 Å². The van der Waals surface area contributed by atoms with E-state index in [0.717, 1.165) is 11.3 Å². The van der Waals surface area contributed by atoms with Crippen LogP contribution in [0.5, 0.6) is 0 Å². The Bertz CT molecular complexity index is 649. The van der Waals surface area contributed by atoms with Crippen LogP contribution >= 0.6 is 11.3 Å². The maximum Gasteiger partial charge on any atom is 0.243 e. The van der Waals surface area contributed by atoms with Crippen LogP contribution in [0.3, 0.4) is 0 Å². The third kappa shape index (κ3) is 3.24. The van der Waals surface area contributed by atoms with Gasteiger partial charge in [0.05, 0.1) is 22.6 Å². The van der Waals surface area contributed by atoms with Gasteiger partial charge in [-0.2, -0.15) is 4.31 Å². The summed E-state index contributed by atoms with van der Waals surface area (Å²) in [6.07, 6.45) is 0. The Hall–Kier alpha value is -1.28. The fourth-order valence-corrected chi connectivity index (χ4v) is 3.44. The second-order valence-electron chi connectivity index (χ2n) is 4.60. The van der Waals surface area contributed by atoms with Crippen molar-refractivity contribution < 1.29 is 8.42 Å². The maximum absolute atomic E-state index is 12.4. The highest BCUT2D eigenvalue weighted by atomic mass is 32.2. The monoisotopic (exact) mass is 311 g/mol. The van der Waals surface area contributed by atoms with E-state index >= 15 is 0 Å². The van der Waals surface area contributed by atoms with Gasteiger partial charge in [-0.25, -0.2) is 13.4 Å². The molecule has 0 fully saturated rings. The van der Waals surface area contributed by atoms with Crippen LogP contribution < -0.4 is 5.73 Å². The molecule has 0 aliphatic heterocycles. The van der Waals surface area contributed by atoms with E-state index < -0.39 is 10.0 Å². The first-order valence-electron chi connectivity index (χ1n) is 6.10. The Balaban J connectivity index is 2.21. The molecule has 7 heteroatoms. The van der Waals surface area contributed by atoms with E-state index in [-0.39, 0.29) is 17.5 Å². The molecule has 1 unspecified atom stereocenters. The summed E-state index contributed by atoms with van der Waals surface area (Å²) in [5.41, 5.74) is 9.10. The first kappa shape index (κ1) is 15.1. The Morgan fingerprint density at radius 1 is 1.35 bits per heavy atom. The van der Waals surface area contributed by atoms with E-state index in [1.54, 1.807) is 36.8 Å². The summed E-state index contributed by atoms with van der Waals surface area (Å²) in [5, 5.41) is 1.84. The van der Waals surface area contributed by atoms with Crippen LogP contribution in [0.25, 0.3) is 0 Å². The predicted molar refractivity (Wildman–Crippen MR) is 79.8 cm³/mol. The zero-order valence-electron chi connectivity index (χ0n) is 11.4. The lowest BCUT2D eigenvalue weighted by Gasteiger charge is -2.16. The number of nitrogens with two attached hydrogens (primary N) is 1. The summed E-state index contributed by atoms with van der Waals surface area (Å²) in [4.78, 5) is 4.36. The van der Waals surface area contributed by atoms with Crippen LogP contribution in [-0.4, -0.2) is 24.8 Å². The molecule has 0 saturated heterocycles. The summed E-state index contributed by atoms with van der Waals surface area (Å²) in [5.74, 6) is 0. The quantitative estimate of drug-likeness (QED) is 0.916. The summed E-state index contributed by atoms with van der Waals surface area (Å²) in [7, 11) is -1.95. The minimum Gasteiger partial charge on any atom is -0.324 e. The van der Waals surface area contributed by atoms with Crippen LogP contribution in [-0.2, 0) is 16.6 Å². The molecule has 1 aromatic heterocycles. The average molecular weight is 311 g/mol. The average Bonchev–Trinajstić information content (AvgIpc) is 2.91. The molecule has 0 aliphatic rings. The van der Waals surface area contributed by atoms with Crippen molar-refractivity contribution >= 4 is 21.4 Å². The topological polar surface area (TPSA) is 76.3 Å². The molecule has 2 aromatic rings. The van der Waals surface area contributed by atoms with Crippen LogP contribution in [0.4, 0.5) is 0 Å². The van der Waals surface area contributed by atoms with Crippen molar-refractivity contribution in [1.82, 2.24) is 9.29 Å². The smallest absolute Gasteiger partial charge is 0.243 e. The van der Waals surface area contributed by atoms with E-state index in [0.29, 0.717) is 0 Å². The molecule has 0 aliphatic carbocycles. The lowest BCUT2D eigenvalue weighted by atomic mass is 10.1. The number of nitrogens with zero attached hydrogens (tertiary/aromatic N) is 2. The van der Waals surface area contributed by atoms with Gasteiger partial charge >= 0.3 is 0 Å². The molecule has 2 N–H and O–H groups in total. The summed E-state index contributed by atoms with van der Waals surface area (Å²) in [6.45, 7) is 2.12. The van der Waals surface area contributed by atoms with Crippen LogP contribution in [0, 0.1) is 0 Å². The van der Waals surface area contributed by atoms with Crippen LogP contribution in [0.2, 0.25) is 0 Å². The van der Waals surface area contributed by atoms with Gasteiger partial charge in [0.25, 0.3) is 0 Å². The zero-order chi connectivity index (χ0) is 14.8. The molecule has 0 amide bonds. The number of thiazole rings is 1. The van der Waals surface area contributed by atoms with Gasteiger partial charge in [-0.3, -0.25) is 0 Å². The normalized spacial score (nSPS) is 13.6. The fourth-order valence-electron chi connectivity index (χ4n) is 1.75. The predicted octanol–water partition coefficient (Wildman–Crippen LogP) is 1.98. The Labute approximate surface area is 123 Å². The minimum atomic E-state index is -3.50. The van der Waals surface area contributed by atoms with E-state index in [1.807, 2.05) is 12.3 Å². The van der Waals surface area contributed by atoms with Gasteiger partial charge in [0.2, 0.25) is 10.0 Å². The first-order chi connectivity index (χ1) is 9.41. The number of benzene rings is 1. The molecule has 5 nitrogen and oxygen atoms in total. The van der Waals surface area contributed by atoms with Gasteiger partial charge < -0.3 is 5.73 Å². The third-order valence-electron chi connectivity index (χ3n) is 2.98. The van der Waals surface area contributed by atoms with Gasteiger partial charge in [0.15, 0.2) is 0 Å². The molecule has 0 spiro atoms. The van der Waals surface area contributed by atoms with Gasteiger partial charge in [0.1, 0.15) is 0 Å². The van der Waals surface area contributed by atoms with Crippen molar-refractivity contribution in [2.24, 2.45) is 5.73 Å². The van der Waals surface area contributed by atoms with Crippen molar-refractivity contribution in [2.45, 2.75) is 24.4 Å². The fraction of sp³-hybridized carbons (Fsp3) is 0.308. The van der Waals surface area contributed by atoms with E-state index in [1.165, 1.54) is 15.6 Å². The molecule has 0 saturated carbocycles. The van der Waals surface area contributed by atoms with Crippen molar-refractivity contribution in [3.05, 3.63) is 46.4 Å². The number of hydrogen-bond donors (Lipinski definition) is 1. The first-order valence-corrected chi connectivity index (χ1v) is 8.48. The largest absolute Gasteiger partial charge is 0.324 e. The molecule has 1 atom stereocenters. The molecule has 108 valence electrons. The highest BCUT2D eigenvalue weighted by Crippen LogP contribution is 2.19.